The Balaban J connectivity index is 2.10. The van der Waals surface area contributed by atoms with Gasteiger partial charge in [-0.1, -0.05) is 12.1 Å². The monoisotopic (exact) mass is 448 g/mol. The van der Waals surface area contributed by atoms with Gasteiger partial charge >= 0.3 is 5.97 Å². The lowest BCUT2D eigenvalue weighted by Gasteiger charge is -2.15. The van der Waals surface area contributed by atoms with E-state index in [-0.39, 0.29) is 40.8 Å². The predicted octanol–water partition coefficient (Wildman–Crippen LogP) is 0.306. The lowest BCUT2D eigenvalue weighted by Crippen LogP contribution is -2.40. The predicted molar refractivity (Wildman–Crippen MR) is 117 cm³/mol. The molecule has 0 aliphatic rings. The lowest BCUT2D eigenvalue weighted by atomic mass is 10.1. The number of nitrogens with two attached hydrogens (primary N) is 3. The number of aliphatic imine (C=N–C) groups is 1. The molecule has 0 saturated heterocycles. The van der Waals surface area contributed by atoms with E-state index in [1.165, 1.54) is 42.5 Å². The van der Waals surface area contributed by atoms with Gasteiger partial charge in [-0.05, 0) is 49.2 Å². The van der Waals surface area contributed by atoms with Crippen molar-refractivity contribution < 1.29 is 23.1 Å². The van der Waals surface area contributed by atoms with E-state index in [9.17, 15) is 23.1 Å². The van der Waals surface area contributed by atoms with Gasteiger partial charge in [-0.15, -0.1) is 0 Å². The number of nitrogen functional groups attached to an aromatic ring is 1. The van der Waals surface area contributed by atoms with Crippen molar-refractivity contribution >= 4 is 39.2 Å². The zero-order valence-corrected chi connectivity index (χ0v) is 17.3. The van der Waals surface area contributed by atoms with Crippen molar-refractivity contribution in [3.05, 3.63) is 54.1 Å². The number of carbonyl (C=O) groups is 2. The van der Waals surface area contributed by atoms with Gasteiger partial charge in [0.05, 0.1) is 4.90 Å². The van der Waals surface area contributed by atoms with E-state index in [4.69, 9.17) is 17.2 Å². The number of carboxylic acids is 1. The summed E-state index contributed by atoms with van der Waals surface area (Å²) in [7, 11) is -3.93. The second kappa shape index (κ2) is 10.3. The average Bonchev–Trinajstić information content (AvgIpc) is 2.69. The fourth-order valence-corrected chi connectivity index (χ4v) is 3.73. The van der Waals surface area contributed by atoms with E-state index in [1.54, 1.807) is 6.07 Å². The molecule has 0 spiro atoms. The molecule has 0 heterocycles. The molecule has 11 nitrogen and oxygen atoms in total. The van der Waals surface area contributed by atoms with E-state index >= 15 is 0 Å². The molecule has 0 aliphatic heterocycles. The Morgan fingerprint density at radius 3 is 2.45 bits per heavy atom. The molecule has 0 aromatic heterocycles. The largest absolute Gasteiger partial charge is 0.480 e. The minimum Gasteiger partial charge on any atom is -0.480 e. The van der Waals surface area contributed by atoms with Crippen molar-refractivity contribution in [2.75, 3.05) is 17.0 Å². The van der Waals surface area contributed by atoms with Gasteiger partial charge in [0.25, 0.3) is 15.9 Å². The molecule has 2 aromatic rings. The van der Waals surface area contributed by atoms with Crippen LogP contribution in [0.15, 0.2) is 58.4 Å². The first-order valence-corrected chi connectivity index (χ1v) is 10.6. The molecule has 0 bridgehead atoms. The smallest absolute Gasteiger partial charge is 0.326 e. The Hall–Kier alpha value is -3.80. The standard InChI is InChI=1S/C19H24N6O5S/c20-13-5-2-7-15(11-13)31(29,30)25-14-6-1-4-12(10-14)17(26)24-16(18(27)28)8-3-9-23-19(21)22/h1-2,4-7,10-11,16,25H,3,8-9,20H2,(H,24,26)(H,27,28)(H4,21,22,23)/t16-/m0/s1. The molecule has 12 heteroatoms. The number of amides is 1. The number of nitrogens with zero attached hydrogens (tertiary/aromatic N) is 1. The number of sulfonamides is 1. The maximum absolute atomic E-state index is 12.5. The van der Waals surface area contributed by atoms with Crippen LogP contribution in [0.4, 0.5) is 11.4 Å². The molecule has 1 atom stereocenters. The van der Waals surface area contributed by atoms with E-state index in [2.05, 4.69) is 15.0 Å². The average molecular weight is 449 g/mol. The summed E-state index contributed by atoms with van der Waals surface area (Å²) in [5.41, 5.74) is 16.6. The number of aliphatic carboxylic acids is 1. The summed E-state index contributed by atoms with van der Waals surface area (Å²) in [6.45, 7) is 0.225. The van der Waals surface area contributed by atoms with Crippen molar-refractivity contribution in [2.24, 2.45) is 16.5 Å². The van der Waals surface area contributed by atoms with Crippen LogP contribution in [0.25, 0.3) is 0 Å². The molecule has 166 valence electrons. The van der Waals surface area contributed by atoms with Crippen molar-refractivity contribution in [3.8, 4) is 0 Å². The maximum Gasteiger partial charge on any atom is 0.326 e. The van der Waals surface area contributed by atoms with Gasteiger partial charge in [0.1, 0.15) is 6.04 Å². The van der Waals surface area contributed by atoms with Crippen molar-refractivity contribution in [2.45, 2.75) is 23.8 Å². The number of anilines is 2. The number of guanidine groups is 1. The van der Waals surface area contributed by atoms with E-state index in [0.29, 0.717) is 6.42 Å². The molecule has 2 aromatic carbocycles. The summed E-state index contributed by atoms with van der Waals surface area (Å²) in [4.78, 5) is 27.7. The highest BCUT2D eigenvalue weighted by molar-refractivity contribution is 7.92. The van der Waals surface area contributed by atoms with Crippen LogP contribution in [0.3, 0.4) is 0 Å². The zero-order valence-electron chi connectivity index (χ0n) is 16.5. The van der Waals surface area contributed by atoms with Gasteiger partial charge < -0.3 is 27.6 Å². The van der Waals surface area contributed by atoms with Gasteiger partial charge in [0.2, 0.25) is 0 Å². The summed E-state index contributed by atoms with van der Waals surface area (Å²) in [6.07, 6.45) is 0.453. The maximum atomic E-state index is 12.5. The Bertz CT molecular complexity index is 1080. The van der Waals surface area contributed by atoms with Crippen LogP contribution < -0.4 is 27.2 Å². The minimum absolute atomic E-state index is 0.0333. The second-order valence-corrected chi connectivity index (χ2v) is 8.25. The Morgan fingerprint density at radius 1 is 1.10 bits per heavy atom. The van der Waals surface area contributed by atoms with Gasteiger partial charge in [0.15, 0.2) is 5.96 Å². The molecule has 0 unspecified atom stereocenters. The summed E-state index contributed by atoms with van der Waals surface area (Å²) in [5, 5.41) is 11.7. The van der Waals surface area contributed by atoms with E-state index in [0.717, 1.165) is 0 Å². The summed E-state index contributed by atoms with van der Waals surface area (Å²) < 4.78 is 27.4. The molecular formula is C19H24N6O5S. The fourth-order valence-electron chi connectivity index (χ4n) is 2.62. The van der Waals surface area contributed by atoms with Gasteiger partial charge in [-0.2, -0.15) is 0 Å². The third kappa shape index (κ3) is 7.19. The normalized spacial score (nSPS) is 11.9. The Labute approximate surface area is 179 Å². The first kappa shape index (κ1) is 23.5. The number of hydrogen-bond acceptors (Lipinski definition) is 6. The quantitative estimate of drug-likeness (QED) is 0.129. The van der Waals surface area contributed by atoms with Crippen LogP contribution in [-0.4, -0.2) is 43.9 Å². The molecule has 2 rings (SSSR count). The highest BCUT2D eigenvalue weighted by Crippen LogP contribution is 2.19. The number of hydrogen-bond donors (Lipinski definition) is 6. The molecule has 31 heavy (non-hydrogen) atoms. The summed E-state index contributed by atoms with van der Waals surface area (Å²) in [6, 6.07) is 10.3. The number of carbonyl (C=O) groups excluding carboxylic acids is 1. The van der Waals surface area contributed by atoms with E-state index < -0.39 is 27.9 Å². The summed E-state index contributed by atoms with van der Waals surface area (Å²) in [5.74, 6) is -1.98. The first-order chi connectivity index (χ1) is 14.6. The Kier molecular flexibility index (Phi) is 7.80. The number of nitrogens with one attached hydrogen (secondary N) is 2. The number of benzene rings is 2. The third-order valence-electron chi connectivity index (χ3n) is 4.09. The molecule has 0 saturated carbocycles. The second-order valence-electron chi connectivity index (χ2n) is 6.57. The zero-order chi connectivity index (χ0) is 23.0. The molecular weight excluding hydrogens is 424 g/mol. The topological polar surface area (TPSA) is 203 Å². The van der Waals surface area contributed by atoms with Crippen LogP contribution in [0.1, 0.15) is 23.2 Å². The van der Waals surface area contributed by atoms with Crippen molar-refractivity contribution in [3.63, 3.8) is 0 Å². The summed E-state index contributed by atoms with van der Waals surface area (Å²) >= 11 is 0. The van der Waals surface area contributed by atoms with Crippen LogP contribution >= 0.6 is 0 Å². The molecule has 0 fully saturated rings. The van der Waals surface area contributed by atoms with Crippen LogP contribution in [-0.2, 0) is 14.8 Å². The number of carboxylic acid groups (broad SMARTS) is 1. The van der Waals surface area contributed by atoms with Gasteiger partial charge in [-0.25, -0.2) is 13.2 Å². The van der Waals surface area contributed by atoms with Crippen LogP contribution in [0.5, 0.6) is 0 Å². The number of rotatable bonds is 10. The molecule has 1 amide bonds. The SMILES string of the molecule is NC(N)=NCCC[C@H](NC(=O)c1cccc(NS(=O)(=O)c2cccc(N)c2)c1)C(=O)O. The molecule has 0 aliphatic carbocycles. The molecule has 0 radical (unpaired) electrons. The fraction of sp³-hybridized carbons (Fsp3) is 0.211. The Morgan fingerprint density at radius 2 is 1.81 bits per heavy atom. The highest BCUT2D eigenvalue weighted by Gasteiger charge is 2.21. The van der Waals surface area contributed by atoms with Crippen molar-refractivity contribution in [1.82, 2.24) is 5.32 Å². The van der Waals surface area contributed by atoms with E-state index in [1.807, 2.05) is 0 Å². The highest BCUT2D eigenvalue weighted by atomic mass is 32.2. The van der Waals surface area contributed by atoms with Gasteiger partial charge in [0, 0.05) is 23.5 Å². The van der Waals surface area contributed by atoms with Crippen LogP contribution in [0.2, 0.25) is 0 Å². The minimum atomic E-state index is -3.93. The van der Waals surface area contributed by atoms with Crippen LogP contribution in [0, 0.1) is 0 Å². The third-order valence-corrected chi connectivity index (χ3v) is 5.47. The van der Waals surface area contributed by atoms with Crippen molar-refractivity contribution in [1.29, 1.82) is 0 Å². The molecule has 9 N–H and O–H groups in total. The van der Waals surface area contributed by atoms with Gasteiger partial charge in [-0.3, -0.25) is 14.5 Å². The lowest BCUT2D eigenvalue weighted by molar-refractivity contribution is -0.139. The first-order valence-electron chi connectivity index (χ1n) is 9.16.